The zero-order valence-corrected chi connectivity index (χ0v) is 23.7. The number of fused-ring (bicyclic) bond motifs is 1. The monoisotopic (exact) mass is 566 g/mol. The molecule has 39 heavy (non-hydrogen) atoms. The van der Waals surface area contributed by atoms with Crippen LogP contribution in [0.25, 0.3) is 0 Å². The quantitative estimate of drug-likeness (QED) is 0.284. The maximum atomic E-state index is 13.3. The number of esters is 1. The number of nitrogens with one attached hydrogen (secondary N) is 1. The van der Waals surface area contributed by atoms with Gasteiger partial charge in [0.15, 0.2) is 0 Å². The molecule has 206 valence electrons. The Kier molecular flexibility index (Phi) is 7.24. The van der Waals surface area contributed by atoms with Crippen molar-refractivity contribution in [3.63, 3.8) is 0 Å². The van der Waals surface area contributed by atoms with Crippen LogP contribution in [0.1, 0.15) is 52.2 Å². The third kappa shape index (κ3) is 5.00. The molecule has 1 aliphatic carbocycles. The van der Waals surface area contributed by atoms with Crippen LogP contribution in [0.15, 0.2) is 53.2 Å². The first-order valence-electron chi connectivity index (χ1n) is 13.5. The van der Waals surface area contributed by atoms with Crippen LogP contribution in [-0.4, -0.2) is 66.7 Å². The summed E-state index contributed by atoms with van der Waals surface area (Å²) in [5, 5.41) is 19.4. The highest BCUT2D eigenvalue weighted by Crippen LogP contribution is 2.51. The Morgan fingerprint density at radius 2 is 1.82 bits per heavy atom. The second kappa shape index (κ2) is 10.7. The van der Waals surface area contributed by atoms with Crippen molar-refractivity contribution in [1.29, 1.82) is 0 Å². The summed E-state index contributed by atoms with van der Waals surface area (Å²) in [6, 6.07) is 13.0. The maximum Gasteiger partial charge on any atom is 0.349 e. The van der Waals surface area contributed by atoms with Crippen molar-refractivity contribution in [2.75, 3.05) is 43.7 Å². The number of hydrazine groups is 2. The minimum atomic E-state index is -1.73. The highest BCUT2D eigenvalue weighted by Gasteiger charge is 2.51. The van der Waals surface area contributed by atoms with E-state index in [0.29, 0.717) is 15.3 Å². The molecule has 4 heterocycles. The first-order valence-corrected chi connectivity index (χ1v) is 15.3. The van der Waals surface area contributed by atoms with Crippen LogP contribution >= 0.6 is 22.7 Å². The lowest BCUT2D eigenvalue weighted by Crippen LogP contribution is -2.52. The Morgan fingerprint density at radius 1 is 1.13 bits per heavy atom. The van der Waals surface area contributed by atoms with Crippen molar-refractivity contribution >= 4 is 46.3 Å². The molecule has 3 aliphatic rings. The van der Waals surface area contributed by atoms with Gasteiger partial charge in [-0.3, -0.25) is 15.2 Å². The highest BCUT2D eigenvalue weighted by molar-refractivity contribution is 7.12. The molecule has 0 amide bonds. The molecule has 1 saturated carbocycles. The number of piperidine rings is 1. The molecular formula is C29H34N4O4S2. The van der Waals surface area contributed by atoms with Crippen LogP contribution in [0, 0.1) is 5.41 Å². The van der Waals surface area contributed by atoms with E-state index in [2.05, 4.69) is 15.3 Å². The van der Waals surface area contributed by atoms with E-state index in [9.17, 15) is 14.7 Å². The molecule has 0 bridgehead atoms. The molecule has 3 aromatic rings. The summed E-state index contributed by atoms with van der Waals surface area (Å²) in [6.07, 6.45) is 5.76. The SMILES string of the molecule is CN1Nc2cc(C=O)ccc2N1CCCN1CCC2(CC1)CC(OC(=O)C(O)(c1cccs1)c1cccs1)C2. The van der Waals surface area contributed by atoms with Gasteiger partial charge in [-0.25, -0.2) is 4.79 Å². The molecule has 1 spiro atoms. The normalized spacial score (nSPS) is 19.5. The molecule has 0 radical (unpaired) electrons. The number of anilines is 2. The first-order chi connectivity index (χ1) is 18.9. The maximum absolute atomic E-state index is 13.3. The lowest BCUT2D eigenvalue weighted by Gasteiger charge is -2.51. The largest absolute Gasteiger partial charge is 0.460 e. The van der Waals surface area contributed by atoms with Gasteiger partial charge in [0.1, 0.15) is 12.4 Å². The first kappa shape index (κ1) is 26.5. The van der Waals surface area contributed by atoms with E-state index in [1.165, 1.54) is 22.7 Å². The fraction of sp³-hybridized carbons (Fsp3) is 0.448. The van der Waals surface area contributed by atoms with Crippen molar-refractivity contribution < 1.29 is 19.4 Å². The molecule has 0 atom stereocenters. The van der Waals surface area contributed by atoms with E-state index in [1.54, 1.807) is 12.1 Å². The molecule has 1 saturated heterocycles. The minimum Gasteiger partial charge on any atom is -0.460 e. The van der Waals surface area contributed by atoms with E-state index in [-0.39, 0.29) is 11.5 Å². The summed E-state index contributed by atoms with van der Waals surface area (Å²) in [6.45, 7) is 4.05. The van der Waals surface area contributed by atoms with Gasteiger partial charge in [0.25, 0.3) is 0 Å². The zero-order valence-electron chi connectivity index (χ0n) is 22.0. The number of rotatable bonds is 9. The smallest absolute Gasteiger partial charge is 0.349 e. The lowest BCUT2D eigenvalue weighted by molar-refractivity contribution is -0.181. The molecule has 6 rings (SSSR count). The molecule has 8 nitrogen and oxygen atoms in total. The Bertz CT molecular complexity index is 1260. The van der Waals surface area contributed by atoms with Crippen molar-refractivity contribution in [2.45, 2.75) is 43.8 Å². The van der Waals surface area contributed by atoms with E-state index in [4.69, 9.17) is 4.74 Å². The standard InChI is InChI=1S/C29H34N4O4S2/c1-31-30-23-17-21(20-34)7-8-24(23)33(31)12-4-11-32-13-9-28(10-14-32)18-22(19-28)37-27(35)29(36,25-5-2-15-38-25)26-6-3-16-39-26/h2-3,5-8,15-17,20,22,30,36H,4,9-14,18-19H2,1H3. The third-order valence-corrected chi connectivity index (χ3v) is 10.4. The van der Waals surface area contributed by atoms with Crippen LogP contribution in [0.3, 0.4) is 0 Å². The number of nitrogens with zero attached hydrogens (tertiary/aromatic N) is 3. The number of carbonyl (C=O) groups is 2. The molecular weight excluding hydrogens is 532 g/mol. The summed E-state index contributed by atoms with van der Waals surface area (Å²) in [7, 11) is 1.99. The summed E-state index contributed by atoms with van der Waals surface area (Å²) >= 11 is 2.74. The topological polar surface area (TPSA) is 85.4 Å². The summed E-state index contributed by atoms with van der Waals surface area (Å²) in [4.78, 5) is 28.1. The molecule has 0 unspecified atom stereocenters. The van der Waals surface area contributed by atoms with Gasteiger partial charge in [0, 0.05) is 19.2 Å². The summed E-state index contributed by atoms with van der Waals surface area (Å²) in [5.74, 6) is -0.560. The second-order valence-electron chi connectivity index (χ2n) is 10.9. The fourth-order valence-electron chi connectivity index (χ4n) is 6.23. The minimum absolute atomic E-state index is 0.131. The molecule has 2 aliphatic heterocycles. The van der Waals surface area contributed by atoms with Crippen LogP contribution in [-0.2, 0) is 15.1 Å². The Hall–Kier alpha value is -2.76. The number of benzene rings is 1. The van der Waals surface area contributed by atoms with Gasteiger partial charge >= 0.3 is 5.97 Å². The Labute approximate surface area is 236 Å². The third-order valence-electron chi connectivity index (χ3n) is 8.49. The number of hydrogen-bond acceptors (Lipinski definition) is 10. The van der Waals surface area contributed by atoms with Crippen LogP contribution in [0.5, 0.6) is 0 Å². The van der Waals surface area contributed by atoms with Crippen molar-refractivity contribution in [3.8, 4) is 0 Å². The molecule has 2 N–H and O–H groups in total. The average molecular weight is 567 g/mol. The highest BCUT2D eigenvalue weighted by atomic mass is 32.1. The Morgan fingerprint density at radius 3 is 2.44 bits per heavy atom. The fourth-order valence-corrected chi connectivity index (χ4v) is 7.94. The number of aliphatic hydroxyl groups is 1. The van der Waals surface area contributed by atoms with Gasteiger partial charge < -0.3 is 14.7 Å². The summed E-state index contributed by atoms with van der Waals surface area (Å²) in [5.41, 5.74) is 4.57. The van der Waals surface area contributed by atoms with Gasteiger partial charge in [-0.05, 0) is 98.2 Å². The number of hydrogen-bond donors (Lipinski definition) is 2. The van der Waals surface area contributed by atoms with Gasteiger partial charge in [-0.2, -0.15) is 0 Å². The average Bonchev–Trinajstić information content (AvgIpc) is 3.70. The second-order valence-corrected chi connectivity index (χ2v) is 12.8. The van der Waals surface area contributed by atoms with E-state index >= 15 is 0 Å². The predicted molar refractivity (Wildman–Crippen MR) is 154 cm³/mol. The number of thiophene rings is 2. The van der Waals surface area contributed by atoms with Crippen LogP contribution in [0.4, 0.5) is 11.4 Å². The number of aldehydes is 1. The van der Waals surface area contributed by atoms with Crippen molar-refractivity contribution in [3.05, 3.63) is 68.5 Å². The molecule has 2 aromatic heterocycles. The van der Waals surface area contributed by atoms with Crippen molar-refractivity contribution in [1.82, 2.24) is 10.0 Å². The zero-order chi connectivity index (χ0) is 27.0. The number of ether oxygens (including phenoxy) is 1. The van der Waals surface area contributed by atoms with E-state index < -0.39 is 11.6 Å². The van der Waals surface area contributed by atoms with E-state index in [0.717, 1.165) is 75.9 Å². The molecule has 1 aromatic carbocycles. The lowest BCUT2D eigenvalue weighted by atomic mass is 9.61. The summed E-state index contributed by atoms with van der Waals surface area (Å²) < 4.78 is 5.90. The van der Waals surface area contributed by atoms with Gasteiger partial charge in [0.2, 0.25) is 5.60 Å². The van der Waals surface area contributed by atoms with Gasteiger partial charge in [0.05, 0.1) is 21.1 Å². The van der Waals surface area contributed by atoms with E-state index in [1.807, 2.05) is 53.3 Å². The van der Waals surface area contributed by atoms with Crippen LogP contribution in [0.2, 0.25) is 0 Å². The van der Waals surface area contributed by atoms with Crippen LogP contribution < -0.4 is 10.4 Å². The van der Waals surface area contributed by atoms with Gasteiger partial charge in [-0.15, -0.1) is 27.8 Å². The Balaban J connectivity index is 0.967. The predicted octanol–water partition coefficient (Wildman–Crippen LogP) is 4.73. The van der Waals surface area contributed by atoms with Crippen molar-refractivity contribution in [2.24, 2.45) is 5.41 Å². The number of likely N-dealkylation sites (tertiary alicyclic amines) is 1. The van der Waals surface area contributed by atoms with Gasteiger partial charge in [-0.1, -0.05) is 12.1 Å². The molecule has 10 heteroatoms. The molecule has 2 fully saturated rings. The number of carbonyl (C=O) groups excluding carboxylic acids is 2.